The number of nitrogens with zero attached hydrogens (tertiary/aromatic N) is 1. The fourth-order valence-corrected chi connectivity index (χ4v) is 1.42. The number of aliphatic hydroxyl groups is 1. The van der Waals surface area contributed by atoms with Crippen LogP contribution in [0.2, 0.25) is 0 Å². The van der Waals surface area contributed by atoms with Gasteiger partial charge in [0.1, 0.15) is 5.75 Å². The summed E-state index contributed by atoms with van der Waals surface area (Å²) < 4.78 is 0. The van der Waals surface area contributed by atoms with Crippen molar-refractivity contribution in [1.29, 1.82) is 0 Å². The van der Waals surface area contributed by atoms with Crippen LogP contribution in [0, 0.1) is 0 Å². The Hall–Kier alpha value is -1.22. The predicted octanol–water partition coefficient (Wildman–Crippen LogP) is 1.60. The summed E-state index contributed by atoms with van der Waals surface area (Å²) >= 11 is 0. The van der Waals surface area contributed by atoms with Crippen LogP contribution in [0.4, 0.5) is 5.69 Å². The van der Waals surface area contributed by atoms with Gasteiger partial charge in [0.25, 0.3) is 0 Å². The molecule has 0 saturated heterocycles. The minimum atomic E-state index is 0.204. The fourth-order valence-electron chi connectivity index (χ4n) is 1.42. The van der Waals surface area contributed by atoms with E-state index < -0.39 is 0 Å². The summed E-state index contributed by atoms with van der Waals surface area (Å²) in [7, 11) is 0. The van der Waals surface area contributed by atoms with E-state index in [1.54, 1.807) is 12.1 Å². The molecule has 0 atom stereocenters. The van der Waals surface area contributed by atoms with Crippen LogP contribution in [0.3, 0.4) is 0 Å². The maximum Gasteiger partial charge on any atom is 0.117 e. The molecule has 0 aliphatic carbocycles. The highest BCUT2D eigenvalue weighted by Crippen LogP contribution is 2.19. The molecular formula is C11H17NO2. The molecule has 0 bridgehead atoms. The largest absolute Gasteiger partial charge is 0.508 e. The molecule has 3 heteroatoms. The van der Waals surface area contributed by atoms with Crippen molar-refractivity contribution in [3.63, 3.8) is 0 Å². The molecule has 0 aliphatic rings. The zero-order chi connectivity index (χ0) is 10.4. The average Bonchev–Trinajstić information content (AvgIpc) is 2.19. The minimum Gasteiger partial charge on any atom is -0.508 e. The Balaban J connectivity index is 2.68. The molecule has 2 N–H and O–H groups in total. The van der Waals surface area contributed by atoms with E-state index >= 15 is 0 Å². The summed E-state index contributed by atoms with van der Waals surface area (Å²) in [4.78, 5) is 2.12. The molecule has 0 saturated carbocycles. The normalized spacial score (nSPS) is 10.1. The molecule has 0 aliphatic heterocycles. The van der Waals surface area contributed by atoms with Crippen molar-refractivity contribution in [3.05, 3.63) is 24.3 Å². The molecule has 0 radical (unpaired) electrons. The third kappa shape index (κ3) is 2.92. The van der Waals surface area contributed by atoms with Crippen LogP contribution in [0.15, 0.2) is 24.3 Å². The molecule has 0 heterocycles. The van der Waals surface area contributed by atoms with Crippen LogP contribution in [0.5, 0.6) is 5.75 Å². The number of phenolic OH excluding ortho intramolecular Hbond substituents is 1. The molecule has 1 aromatic rings. The van der Waals surface area contributed by atoms with Gasteiger partial charge in [0.15, 0.2) is 0 Å². The summed E-state index contributed by atoms with van der Waals surface area (Å²) in [5, 5.41) is 18.0. The second-order valence-electron chi connectivity index (χ2n) is 3.18. The van der Waals surface area contributed by atoms with Gasteiger partial charge in [0, 0.05) is 31.5 Å². The van der Waals surface area contributed by atoms with Gasteiger partial charge < -0.3 is 15.1 Å². The van der Waals surface area contributed by atoms with E-state index in [4.69, 9.17) is 5.11 Å². The number of phenols is 1. The Labute approximate surface area is 84.6 Å². The van der Waals surface area contributed by atoms with Crippen LogP contribution in [-0.2, 0) is 0 Å². The van der Waals surface area contributed by atoms with Crippen molar-refractivity contribution in [3.8, 4) is 5.75 Å². The molecule has 78 valence electrons. The van der Waals surface area contributed by atoms with E-state index in [0.29, 0.717) is 0 Å². The maximum absolute atomic E-state index is 9.31. The van der Waals surface area contributed by atoms with Crippen molar-refractivity contribution in [2.45, 2.75) is 13.3 Å². The Kier molecular flexibility index (Phi) is 4.26. The van der Waals surface area contributed by atoms with Gasteiger partial charge in [-0.1, -0.05) is 6.07 Å². The number of benzene rings is 1. The SMILES string of the molecule is CCN(CCCO)c1cccc(O)c1. The number of hydrogen-bond donors (Lipinski definition) is 2. The molecule has 0 aromatic heterocycles. The number of anilines is 1. The predicted molar refractivity (Wildman–Crippen MR) is 57.7 cm³/mol. The van der Waals surface area contributed by atoms with Crippen LogP contribution in [-0.4, -0.2) is 29.9 Å². The summed E-state index contributed by atoms with van der Waals surface area (Å²) in [6.45, 7) is 3.96. The highest BCUT2D eigenvalue weighted by Gasteiger charge is 2.03. The maximum atomic E-state index is 9.31. The second-order valence-corrected chi connectivity index (χ2v) is 3.18. The lowest BCUT2D eigenvalue weighted by molar-refractivity contribution is 0.289. The Bertz CT molecular complexity index is 276. The van der Waals surface area contributed by atoms with E-state index in [1.807, 2.05) is 12.1 Å². The summed E-state index contributed by atoms with van der Waals surface area (Å²) in [6.07, 6.45) is 0.753. The lowest BCUT2D eigenvalue weighted by Gasteiger charge is -2.22. The first-order valence-electron chi connectivity index (χ1n) is 4.92. The first kappa shape index (κ1) is 10.9. The number of hydrogen-bond acceptors (Lipinski definition) is 3. The molecule has 0 fully saturated rings. The van der Waals surface area contributed by atoms with E-state index in [2.05, 4.69) is 11.8 Å². The van der Waals surface area contributed by atoms with Gasteiger partial charge in [-0.25, -0.2) is 0 Å². The van der Waals surface area contributed by atoms with E-state index in [1.165, 1.54) is 0 Å². The number of aromatic hydroxyl groups is 1. The van der Waals surface area contributed by atoms with Crippen molar-refractivity contribution >= 4 is 5.69 Å². The Morgan fingerprint density at radius 1 is 1.36 bits per heavy atom. The molecule has 3 nitrogen and oxygen atoms in total. The van der Waals surface area contributed by atoms with E-state index in [9.17, 15) is 5.11 Å². The first-order valence-corrected chi connectivity index (χ1v) is 4.92. The number of rotatable bonds is 5. The Morgan fingerprint density at radius 3 is 2.71 bits per heavy atom. The molecule has 14 heavy (non-hydrogen) atoms. The van der Waals surface area contributed by atoms with Gasteiger partial charge in [-0.15, -0.1) is 0 Å². The molecule has 1 rings (SSSR count). The van der Waals surface area contributed by atoms with Crippen molar-refractivity contribution in [1.82, 2.24) is 0 Å². The summed E-state index contributed by atoms with van der Waals surface area (Å²) in [6, 6.07) is 7.18. The second kappa shape index (κ2) is 5.50. The smallest absolute Gasteiger partial charge is 0.117 e. The zero-order valence-electron chi connectivity index (χ0n) is 8.48. The molecule has 1 aromatic carbocycles. The quantitative estimate of drug-likeness (QED) is 0.750. The monoisotopic (exact) mass is 195 g/mol. The van der Waals surface area contributed by atoms with Crippen molar-refractivity contribution in [2.75, 3.05) is 24.6 Å². The molecule has 0 unspecified atom stereocenters. The van der Waals surface area contributed by atoms with Gasteiger partial charge in [0.05, 0.1) is 0 Å². The molecular weight excluding hydrogens is 178 g/mol. The Morgan fingerprint density at radius 2 is 2.14 bits per heavy atom. The molecule has 0 spiro atoms. The van der Waals surface area contributed by atoms with Crippen molar-refractivity contribution in [2.24, 2.45) is 0 Å². The van der Waals surface area contributed by atoms with Crippen LogP contribution >= 0.6 is 0 Å². The minimum absolute atomic E-state index is 0.204. The highest BCUT2D eigenvalue weighted by molar-refractivity contribution is 5.50. The third-order valence-electron chi connectivity index (χ3n) is 2.16. The van der Waals surface area contributed by atoms with E-state index in [0.717, 1.165) is 25.2 Å². The van der Waals surface area contributed by atoms with Gasteiger partial charge in [0.2, 0.25) is 0 Å². The summed E-state index contributed by atoms with van der Waals surface area (Å²) in [5.74, 6) is 0.282. The van der Waals surface area contributed by atoms with Gasteiger partial charge >= 0.3 is 0 Å². The van der Waals surface area contributed by atoms with Gasteiger partial charge in [-0.2, -0.15) is 0 Å². The third-order valence-corrected chi connectivity index (χ3v) is 2.16. The van der Waals surface area contributed by atoms with Crippen molar-refractivity contribution < 1.29 is 10.2 Å². The number of aliphatic hydroxyl groups excluding tert-OH is 1. The van der Waals surface area contributed by atoms with Crippen LogP contribution < -0.4 is 4.90 Å². The van der Waals surface area contributed by atoms with Crippen LogP contribution in [0.25, 0.3) is 0 Å². The topological polar surface area (TPSA) is 43.7 Å². The summed E-state index contributed by atoms with van der Waals surface area (Å²) in [5.41, 5.74) is 1.00. The lowest BCUT2D eigenvalue weighted by Crippen LogP contribution is -2.24. The molecule has 0 amide bonds. The first-order chi connectivity index (χ1) is 6.77. The standard InChI is InChI=1S/C11H17NO2/c1-2-12(7-4-8-13)10-5-3-6-11(14)9-10/h3,5-6,9,13-14H,2,4,7-8H2,1H3. The zero-order valence-corrected chi connectivity index (χ0v) is 8.48. The van der Waals surface area contributed by atoms with Crippen LogP contribution in [0.1, 0.15) is 13.3 Å². The van der Waals surface area contributed by atoms with E-state index in [-0.39, 0.29) is 12.4 Å². The van der Waals surface area contributed by atoms with Gasteiger partial charge in [-0.05, 0) is 25.5 Å². The highest BCUT2D eigenvalue weighted by atomic mass is 16.3. The average molecular weight is 195 g/mol. The fraction of sp³-hybridized carbons (Fsp3) is 0.455. The lowest BCUT2D eigenvalue weighted by atomic mass is 10.2. The van der Waals surface area contributed by atoms with Gasteiger partial charge in [-0.3, -0.25) is 0 Å².